The van der Waals surface area contributed by atoms with Crippen LogP contribution in [0.25, 0.3) is 0 Å². The number of ether oxygens (including phenoxy) is 2. The monoisotopic (exact) mass is 240 g/mol. The lowest BCUT2D eigenvalue weighted by Crippen LogP contribution is -1.98. The third-order valence-electron chi connectivity index (χ3n) is 2.02. The average Bonchev–Trinajstić information content (AvgIpc) is 2.30. The smallest absolute Gasteiger partial charge is 0.153 e. The van der Waals surface area contributed by atoms with Gasteiger partial charge in [-0.2, -0.15) is 0 Å². The number of carbonyl (C=O) groups excluding carboxylic acids is 1. The maximum absolute atomic E-state index is 10.9. The molecule has 0 bridgehead atoms. The third kappa shape index (κ3) is 2.92. The second kappa shape index (κ2) is 6.43. The fourth-order valence-corrected chi connectivity index (χ4v) is 2.14. The zero-order chi connectivity index (χ0) is 12.0. The zero-order valence-corrected chi connectivity index (χ0v) is 10.6. The number of thioether (sulfide) groups is 1. The van der Waals surface area contributed by atoms with Crippen molar-refractivity contribution in [1.82, 2.24) is 0 Å². The van der Waals surface area contributed by atoms with E-state index in [0.29, 0.717) is 17.9 Å². The van der Waals surface area contributed by atoms with Gasteiger partial charge in [-0.15, -0.1) is 11.8 Å². The number of rotatable bonds is 6. The predicted octanol–water partition coefficient (Wildman–Crippen LogP) is 3.02. The molecule has 4 heteroatoms. The van der Waals surface area contributed by atoms with Crippen LogP contribution in [0.1, 0.15) is 24.2 Å². The van der Waals surface area contributed by atoms with Crippen molar-refractivity contribution in [2.24, 2.45) is 0 Å². The van der Waals surface area contributed by atoms with Crippen molar-refractivity contribution >= 4 is 18.0 Å². The van der Waals surface area contributed by atoms with Crippen LogP contribution in [-0.2, 0) is 0 Å². The summed E-state index contributed by atoms with van der Waals surface area (Å²) in [4.78, 5) is 11.9. The van der Waals surface area contributed by atoms with Crippen molar-refractivity contribution in [2.45, 2.75) is 18.7 Å². The van der Waals surface area contributed by atoms with E-state index >= 15 is 0 Å². The molecule has 0 heterocycles. The van der Waals surface area contributed by atoms with Crippen LogP contribution in [0, 0.1) is 0 Å². The largest absolute Gasteiger partial charge is 0.496 e. The van der Waals surface area contributed by atoms with Crippen LogP contribution in [0.3, 0.4) is 0 Å². The van der Waals surface area contributed by atoms with E-state index in [4.69, 9.17) is 9.47 Å². The first-order valence-corrected chi connectivity index (χ1v) is 6.18. The molecule has 0 aliphatic carbocycles. The van der Waals surface area contributed by atoms with Gasteiger partial charge in [0, 0.05) is 0 Å². The van der Waals surface area contributed by atoms with E-state index in [9.17, 15) is 4.79 Å². The Hall–Kier alpha value is -1.16. The summed E-state index contributed by atoms with van der Waals surface area (Å²) in [6, 6.07) is 3.58. The number of methoxy groups -OCH3 is 1. The standard InChI is InChI=1S/C12H16O3S/c1-4-15-10-7-12(16-5-2)11(14-3)6-9(10)8-13/h6-8H,4-5H2,1-3H3. The van der Waals surface area contributed by atoms with Crippen LogP contribution in [0.2, 0.25) is 0 Å². The third-order valence-corrected chi connectivity index (χ3v) is 2.94. The molecule has 1 aromatic carbocycles. The Bertz CT molecular complexity index is 364. The number of benzene rings is 1. The van der Waals surface area contributed by atoms with E-state index in [1.165, 1.54) is 0 Å². The molecule has 0 saturated heterocycles. The highest BCUT2D eigenvalue weighted by molar-refractivity contribution is 7.99. The molecule has 0 spiro atoms. The van der Waals surface area contributed by atoms with E-state index in [-0.39, 0.29) is 0 Å². The summed E-state index contributed by atoms with van der Waals surface area (Å²) in [6.45, 7) is 4.51. The Morgan fingerprint density at radius 3 is 2.56 bits per heavy atom. The highest BCUT2D eigenvalue weighted by atomic mass is 32.2. The maximum atomic E-state index is 10.9. The second-order valence-electron chi connectivity index (χ2n) is 3.02. The van der Waals surface area contributed by atoms with Crippen LogP contribution < -0.4 is 9.47 Å². The Morgan fingerprint density at radius 1 is 1.31 bits per heavy atom. The summed E-state index contributed by atoms with van der Waals surface area (Å²) >= 11 is 1.66. The van der Waals surface area contributed by atoms with Gasteiger partial charge in [-0.3, -0.25) is 4.79 Å². The van der Waals surface area contributed by atoms with Crippen LogP contribution in [0.15, 0.2) is 17.0 Å². The lowest BCUT2D eigenvalue weighted by Gasteiger charge is -2.12. The highest BCUT2D eigenvalue weighted by Gasteiger charge is 2.10. The molecule has 0 radical (unpaired) electrons. The van der Waals surface area contributed by atoms with Crippen LogP contribution in [0.5, 0.6) is 11.5 Å². The van der Waals surface area contributed by atoms with Gasteiger partial charge in [0.05, 0.1) is 24.2 Å². The van der Waals surface area contributed by atoms with Crippen LogP contribution >= 0.6 is 11.8 Å². The molecule has 0 unspecified atom stereocenters. The van der Waals surface area contributed by atoms with Gasteiger partial charge in [0.1, 0.15) is 11.5 Å². The molecular weight excluding hydrogens is 224 g/mol. The van der Waals surface area contributed by atoms with Crippen LogP contribution in [-0.4, -0.2) is 25.8 Å². The quantitative estimate of drug-likeness (QED) is 0.565. The molecule has 1 aromatic rings. The normalized spacial score (nSPS) is 9.94. The molecule has 0 saturated carbocycles. The first-order chi connectivity index (χ1) is 7.76. The van der Waals surface area contributed by atoms with Gasteiger partial charge in [0.15, 0.2) is 6.29 Å². The van der Waals surface area contributed by atoms with Crippen molar-refractivity contribution in [3.63, 3.8) is 0 Å². The topological polar surface area (TPSA) is 35.5 Å². The van der Waals surface area contributed by atoms with E-state index in [0.717, 1.165) is 22.7 Å². The lowest BCUT2D eigenvalue weighted by molar-refractivity contribution is 0.111. The first kappa shape index (κ1) is 12.9. The fraction of sp³-hybridized carbons (Fsp3) is 0.417. The predicted molar refractivity (Wildman–Crippen MR) is 65.9 cm³/mol. The van der Waals surface area contributed by atoms with E-state index in [2.05, 4.69) is 6.92 Å². The molecular formula is C12H16O3S. The van der Waals surface area contributed by atoms with Gasteiger partial charge in [-0.25, -0.2) is 0 Å². The minimum absolute atomic E-state index is 0.527. The van der Waals surface area contributed by atoms with Gasteiger partial charge in [-0.1, -0.05) is 6.92 Å². The van der Waals surface area contributed by atoms with E-state index in [1.54, 1.807) is 24.9 Å². The van der Waals surface area contributed by atoms with Crippen molar-refractivity contribution in [2.75, 3.05) is 19.5 Å². The van der Waals surface area contributed by atoms with Crippen LogP contribution in [0.4, 0.5) is 0 Å². The molecule has 1 rings (SSSR count). The number of carbonyl (C=O) groups is 1. The van der Waals surface area contributed by atoms with Gasteiger partial charge in [0.25, 0.3) is 0 Å². The van der Waals surface area contributed by atoms with Gasteiger partial charge < -0.3 is 9.47 Å². The fourth-order valence-electron chi connectivity index (χ4n) is 1.36. The number of aldehydes is 1. The second-order valence-corrected chi connectivity index (χ2v) is 4.33. The van der Waals surface area contributed by atoms with E-state index < -0.39 is 0 Å². The molecule has 0 amide bonds. The Morgan fingerprint density at radius 2 is 2.06 bits per heavy atom. The van der Waals surface area contributed by atoms with Gasteiger partial charge >= 0.3 is 0 Å². The molecule has 0 aliphatic rings. The van der Waals surface area contributed by atoms with Gasteiger partial charge in [0.2, 0.25) is 0 Å². The molecule has 88 valence electrons. The molecule has 3 nitrogen and oxygen atoms in total. The zero-order valence-electron chi connectivity index (χ0n) is 9.78. The Balaban J connectivity index is 3.17. The van der Waals surface area contributed by atoms with Gasteiger partial charge in [-0.05, 0) is 24.8 Å². The lowest BCUT2D eigenvalue weighted by atomic mass is 10.2. The molecule has 0 N–H and O–H groups in total. The minimum atomic E-state index is 0.527. The number of hydrogen-bond acceptors (Lipinski definition) is 4. The van der Waals surface area contributed by atoms with Crippen molar-refractivity contribution in [3.05, 3.63) is 17.7 Å². The summed E-state index contributed by atoms with van der Waals surface area (Å²) in [5.74, 6) is 2.29. The highest BCUT2D eigenvalue weighted by Crippen LogP contribution is 2.34. The maximum Gasteiger partial charge on any atom is 0.153 e. The SMILES string of the molecule is CCOc1cc(SCC)c(OC)cc1C=O. The van der Waals surface area contributed by atoms with E-state index in [1.807, 2.05) is 13.0 Å². The summed E-state index contributed by atoms with van der Waals surface area (Å²) in [6.07, 6.45) is 0.786. The molecule has 0 atom stereocenters. The summed E-state index contributed by atoms with van der Waals surface area (Å²) in [5, 5.41) is 0. The molecule has 0 aromatic heterocycles. The Labute approximate surface area is 100 Å². The summed E-state index contributed by atoms with van der Waals surface area (Å²) in [7, 11) is 1.60. The van der Waals surface area contributed by atoms with Crippen molar-refractivity contribution in [3.8, 4) is 11.5 Å². The number of hydrogen-bond donors (Lipinski definition) is 0. The Kier molecular flexibility index (Phi) is 5.19. The first-order valence-electron chi connectivity index (χ1n) is 5.19. The molecule has 0 aliphatic heterocycles. The summed E-state index contributed by atoms with van der Waals surface area (Å²) in [5.41, 5.74) is 0.527. The molecule has 0 fully saturated rings. The van der Waals surface area contributed by atoms with Crippen molar-refractivity contribution < 1.29 is 14.3 Å². The minimum Gasteiger partial charge on any atom is -0.496 e. The molecule has 16 heavy (non-hydrogen) atoms. The van der Waals surface area contributed by atoms with Crippen molar-refractivity contribution in [1.29, 1.82) is 0 Å². The average molecular weight is 240 g/mol. The summed E-state index contributed by atoms with van der Waals surface area (Å²) < 4.78 is 10.7.